The number of rotatable bonds is 6. The second kappa shape index (κ2) is 7.40. The van der Waals surface area contributed by atoms with E-state index in [-0.39, 0.29) is 23.8 Å². The quantitative estimate of drug-likeness (QED) is 0.818. The number of halogens is 2. The average Bonchev–Trinajstić information content (AvgIpc) is 2.53. The van der Waals surface area contributed by atoms with E-state index in [0.29, 0.717) is 19.7 Å². The first-order chi connectivity index (χ1) is 11.2. The lowest BCUT2D eigenvalue weighted by molar-refractivity contribution is -0.136. The van der Waals surface area contributed by atoms with Crippen molar-refractivity contribution in [2.45, 2.75) is 38.3 Å². The first-order valence-electron chi connectivity index (χ1n) is 7.78. The van der Waals surface area contributed by atoms with Gasteiger partial charge >= 0.3 is 0 Å². The van der Waals surface area contributed by atoms with Crippen LogP contribution in [0.3, 0.4) is 0 Å². The highest BCUT2D eigenvalue weighted by Gasteiger charge is 2.31. The first kappa shape index (κ1) is 18.5. The number of morpholine rings is 1. The fraction of sp³-hybridized carbons (Fsp3) is 0.625. The minimum absolute atomic E-state index is 0.00269. The molecule has 0 bridgehead atoms. The summed E-state index contributed by atoms with van der Waals surface area (Å²) in [6, 6.07) is 1.22. The van der Waals surface area contributed by atoms with Gasteiger partial charge in [-0.3, -0.25) is 9.78 Å². The number of amides is 1. The molecule has 1 amide bonds. The van der Waals surface area contributed by atoms with Crippen molar-refractivity contribution in [2.75, 3.05) is 26.3 Å². The maximum absolute atomic E-state index is 13.6. The molecule has 24 heavy (non-hydrogen) atoms. The Kier molecular flexibility index (Phi) is 5.71. The Hall–Kier alpha value is -1.80. The Morgan fingerprint density at radius 3 is 2.88 bits per heavy atom. The third-order valence-corrected chi connectivity index (χ3v) is 3.53. The van der Waals surface area contributed by atoms with Crippen molar-refractivity contribution in [3.05, 3.63) is 24.0 Å². The van der Waals surface area contributed by atoms with Crippen molar-refractivity contribution < 1.29 is 23.0 Å². The maximum atomic E-state index is 13.6. The monoisotopic (exact) mass is 343 g/mol. The predicted octanol–water partition coefficient (Wildman–Crippen LogP) is 1.46. The highest BCUT2D eigenvalue weighted by Crippen LogP contribution is 2.33. The Labute approximate surface area is 139 Å². The number of hydrogen-bond acceptors (Lipinski definition) is 5. The van der Waals surface area contributed by atoms with Crippen LogP contribution < -0.4 is 15.4 Å². The van der Waals surface area contributed by atoms with Crippen LogP contribution in [-0.4, -0.2) is 48.8 Å². The number of carbonyl (C=O) groups is 1. The summed E-state index contributed by atoms with van der Waals surface area (Å²) in [6.45, 7) is 5.95. The van der Waals surface area contributed by atoms with Crippen LogP contribution in [0.1, 0.15) is 26.3 Å². The lowest BCUT2D eigenvalue weighted by Gasteiger charge is -2.30. The van der Waals surface area contributed by atoms with Gasteiger partial charge in [0.05, 0.1) is 23.9 Å². The number of hydrogen-bond donors (Lipinski definition) is 2. The Balaban J connectivity index is 1.96. The summed E-state index contributed by atoms with van der Waals surface area (Å²) in [5.74, 6) is -3.29. The number of pyridine rings is 1. The van der Waals surface area contributed by atoms with E-state index in [1.54, 1.807) is 13.8 Å². The topological polar surface area (TPSA) is 72.5 Å². The normalized spacial score (nSPS) is 19.0. The number of carbonyl (C=O) groups excluding carboxylic acids is 1. The molecule has 0 spiro atoms. The van der Waals surface area contributed by atoms with E-state index < -0.39 is 17.6 Å². The zero-order valence-electron chi connectivity index (χ0n) is 14.1. The van der Waals surface area contributed by atoms with Gasteiger partial charge in [-0.1, -0.05) is 0 Å². The standard InChI is InChI=1S/C16H23F2N3O3/c1-15(2,21-14(22)13-9-20-6-7-23-13)10-24-12-8-19-5-4-11(12)16(3,17)18/h4-5,8,13,20H,6-7,9-10H2,1-3H3,(H,21,22)/t13-/m0/s1. The Morgan fingerprint density at radius 2 is 2.25 bits per heavy atom. The fourth-order valence-electron chi connectivity index (χ4n) is 2.30. The van der Waals surface area contributed by atoms with Gasteiger partial charge in [0.2, 0.25) is 0 Å². The molecule has 0 unspecified atom stereocenters. The molecule has 1 fully saturated rings. The molecule has 1 aromatic rings. The van der Waals surface area contributed by atoms with E-state index in [0.717, 1.165) is 6.92 Å². The molecule has 134 valence electrons. The number of ether oxygens (including phenoxy) is 2. The fourth-order valence-corrected chi connectivity index (χ4v) is 2.30. The second-order valence-electron chi connectivity index (χ2n) is 6.49. The molecule has 2 rings (SSSR count). The van der Waals surface area contributed by atoms with Gasteiger partial charge in [-0.25, -0.2) is 8.78 Å². The van der Waals surface area contributed by atoms with Gasteiger partial charge in [0.15, 0.2) is 0 Å². The van der Waals surface area contributed by atoms with E-state index in [2.05, 4.69) is 15.6 Å². The summed E-state index contributed by atoms with van der Waals surface area (Å²) in [5, 5.41) is 5.89. The van der Waals surface area contributed by atoms with E-state index >= 15 is 0 Å². The number of alkyl halides is 2. The summed E-state index contributed by atoms with van der Waals surface area (Å²) in [4.78, 5) is 16.0. The predicted molar refractivity (Wildman–Crippen MR) is 84.1 cm³/mol. The van der Waals surface area contributed by atoms with Crippen molar-refractivity contribution in [3.63, 3.8) is 0 Å². The zero-order chi connectivity index (χ0) is 17.8. The molecule has 0 radical (unpaired) electrons. The van der Waals surface area contributed by atoms with Crippen LogP contribution in [0.4, 0.5) is 8.78 Å². The SMILES string of the molecule is CC(C)(COc1cnccc1C(C)(F)F)NC(=O)[C@@H]1CNCCO1. The van der Waals surface area contributed by atoms with Gasteiger partial charge in [0.25, 0.3) is 11.8 Å². The van der Waals surface area contributed by atoms with Crippen LogP contribution in [0.25, 0.3) is 0 Å². The maximum Gasteiger partial charge on any atom is 0.274 e. The van der Waals surface area contributed by atoms with Crippen LogP contribution in [-0.2, 0) is 15.5 Å². The van der Waals surface area contributed by atoms with Crippen molar-refractivity contribution in [1.29, 1.82) is 0 Å². The number of nitrogens with one attached hydrogen (secondary N) is 2. The van der Waals surface area contributed by atoms with E-state index in [4.69, 9.17) is 9.47 Å². The van der Waals surface area contributed by atoms with Gasteiger partial charge in [-0.2, -0.15) is 0 Å². The summed E-state index contributed by atoms with van der Waals surface area (Å²) < 4.78 is 38.1. The molecule has 1 aliphatic heterocycles. The zero-order valence-corrected chi connectivity index (χ0v) is 14.1. The highest BCUT2D eigenvalue weighted by atomic mass is 19.3. The van der Waals surface area contributed by atoms with Crippen LogP contribution in [0, 0.1) is 0 Å². The van der Waals surface area contributed by atoms with Gasteiger partial charge in [-0.15, -0.1) is 0 Å². The molecule has 1 aromatic heterocycles. The van der Waals surface area contributed by atoms with Crippen molar-refractivity contribution in [1.82, 2.24) is 15.6 Å². The van der Waals surface area contributed by atoms with Crippen LogP contribution in [0.5, 0.6) is 5.75 Å². The van der Waals surface area contributed by atoms with Crippen LogP contribution >= 0.6 is 0 Å². The van der Waals surface area contributed by atoms with Gasteiger partial charge in [0.1, 0.15) is 18.5 Å². The van der Waals surface area contributed by atoms with Crippen LogP contribution in [0.2, 0.25) is 0 Å². The van der Waals surface area contributed by atoms with Crippen molar-refractivity contribution in [2.24, 2.45) is 0 Å². The van der Waals surface area contributed by atoms with Crippen molar-refractivity contribution in [3.8, 4) is 5.75 Å². The molecule has 1 atom stereocenters. The molecular weight excluding hydrogens is 320 g/mol. The summed E-state index contributed by atoms with van der Waals surface area (Å²) in [6.07, 6.45) is 1.98. The largest absolute Gasteiger partial charge is 0.489 e. The van der Waals surface area contributed by atoms with Gasteiger partial charge < -0.3 is 20.1 Å². The summed E-state index contributed by atoms with van der Waals surface area (Å²) in [7, 11) is 0. The molecule has 0 aromatic carbocycles. The third-order valence-electron chi connectivity index (χ3n) is 3.53. The average molecular weight is 343 g/mol. The molecule has 6 nitrogen and oxygen atoms in total. The van der Waals surface area contributed by atoms with Gasteiger partial charge in [-0.05, 0) is 19.9 Å². The smallest absolute Gasteiger partial charge is 0.274 e. The molecule has 2 heterocycles. The van der Waals surface area contributed by atoms with E-state index in [1.165, 1.54) is 18.5 Å². The lowest BCUT2D eigenvalue weighted by atomic mass is 10.1. The summed E-state index contributed by atoms with van der Waals surface area (Å²) >= 11 is 0. The molecule has 0 aliphatic carbocycles. The molecular formula is C16H23F2N3O3. The summed E-state index contributed by atoms with van der Waals surface area (Å²) in [5.41, 5.74) is -0.993. The Morgan fingerprint density at radius 1 is 1.50 bits per heavy atom. The third kappa shape index (κ3) is 5.10. The molecule has 2 N–H and O–H groups in total. The van der Waals surface area contributed by atoms with Gasteiger partial charge in [0, 0.05) is 26.2 Å². The second-order valence-corrected chi connectivity index (χ2v) is 6.49. The lowest BCUT2D eigenvalue weighted by Crippen LogP contribution is -2.55. The molecule has 1 aliphatic rings. The molecule has 8 heteroatoms. The Bertz CT molecular complexity index is 570. The van der Waals surface area contributed by atoms with E-state index in [1.807, 2.05) is 0 Å². The molecule has 1 saturated heterocycles. The van der Waals surface area contributed by atoms with Crippen molar-refractivity contribution >= 4 is 5.91 Å². The highest BCUT2D eigenvalue weighted by molar-refractivity contribution is 5.81. The number of nitrogens with zero attached hydrogens (tertiary/aromatic N) is 1. The van der Waals surface area contributed by atoms with E-state index in [9.17, 15) is 13.6 Å². The van der Waals surface area contributed by atoms with Crippen LogP contribution in [0.15, 0.2) is 18.5 Å². The minimum atomic E-state index is -3.03. The number of aromatic nitrogens is 1. The molecule has 0 saturated carbocycles. The minimum Gasteiger partial charge on any atom is -0.489 e. The first-order valence-corrected chi connectivity index (χ1v) is 7.78.